The van der Waals surface area contributed by atoms with Gasteiger partial charge in [-0.25, -0.2) is 4.98 Å². The number of methoxy groups -OCH3 is 1. The molecule has 0 unspecified atom stereocenters. The summed E-state index contributed by atoms with van der Waals surface area (Å²) in [6.07, 6.45) is 2.15. The molecule has 1 aromatic heterocycles. The topological polar surface area (TPSA) is 84.2 Å². The first-order valence-corrected chi connectivity index (χ1v) is 7.32. The fourth-order valence-electron chi connectivity index (χ4n) is 2.00. The van der Waals surface area contributed by atoms with Gasteiger partial charge >= 0.3 is 0 Å². The van der Waals surface area contributed by atoms with E-state index < -0.39 is 0 Å². The molecule has 0 radical (unpaired) electrons. The lowest BCUT2D eigenvalue weighted by molar-refractivity contribution is 0.415. The molecule has 0 saturated carbocycles. The van der Waals surface area contributed by atoms with Crippen molar-refractivity contribution in [2.45, 2.75) is 6.42 Å². The Morgan fingerprint density at radius 3 is 2.90 bits per heavy atom. The Hall–Kier alpha value is -1.86. The quantitative estimate of drug-likeness (QED) is 0.830. The summed E-state index contributed by atoms with van der Waals surface area (Å²) in [5, 5.41) is 0. The van der Waals surface area contributed by atoms with Gasteiger partial charge in [0.05, 0.1) is 19.1 Å². The molecule has 6 nitrogen and oxygen atoms in total. The smallest absolute Gasteiger partial charge is 0.267 e. The van der Waals surface area contributed by atoms with E-state index in [2.05, 4.69) is 25.9 Å². The van der Waals surface area contributed by atoms with E-state index in [1.165, 1.54) is 6.33 Å². The highest BCUT2D eigenvalue weighted by atomic mass is 79.9. The van der Waals surface area contributed by atoms with Crippen molar-refractivity contribution in [3.05, 3.63) is 45.4 Å². The van der Waals surface area contributed by atoms with Crippen molar-refractivity contribution in [2.75, 3.05) is 25.1 Å². The Kier molecular flexibility index (Phi) is 5.35. The second-order valence-corrected chi connectivity index (χ2v) is 5.13. The largest absolute Gasteiger partial charge is 0.495 e. The lowest BCUT2D eigenvalue weighted by Crippen LogP contribution is -2.25. The summed E-state index contributed by atoms with van der Waals surface area (Å²) in [5.41, 5.74) is 6.22. The normalized spacial score (nSPS) is 10.4. The molecule has 0 amide bonds. The van der Waals surface area contributed by atoms with Gasteiger partial charge in [0.15, 0.2) is 5.82 Å². The van der Waals surface area contributed by atoms with Crippen LogP contribution in [-0.4, -0.2) is 30.2 Å². The maximum atomic E-state index is 11.8. The highest BCUT2D eigenvalue weighted by Crippen LogP contribution is 2.34. The minimum Gasteiger partial charge on any atom is -0.495 e. The molecule has 3 N–H and O–H groups in total. The maximum Gasteiger partial charge on any atom is 0.267 e. The second-order valence-electron chi connectivity index (χ2n) is 4.33. The van der Waals surface area contributed by atoms with Gasteiger partial charge < -0.3 is 20.4 Å². The number of anilines is 2. The summed E-state index contributed by atoms with van der Waals surface area (Å²) in [6, 6.07) is 7.59. The molecule has 2 aromatic rings. The molecule has 0 spiro atoms. The fourth-order valence-corrected chi connectivity index (χ4v) is 2.44. The minimum atomic E-state index is -0.229. The molecule has 0 bridgehead atoms. The van der Waals surface area contributed by atoms with Gasteiger partial charge in [-0.1, -0.05) is 12.1 Å². The lowest BCUT2D eigenvalue weighted by atomic mass is 10.2. The number of nitrogens with two attached hydrogens (primary N) is 1. The average molecular weight is 353 g/mol. The van der Waals surface area contributed by atoms with Crippen LogP contribution >= 0.6 is 15.9 Å². The van der Waals surface area contributed by atoms with E-state index >= 15 is 0 Å². The molecule has 0 fully saturated rings. The van der Waals surface area contributed by atoms with Crippen LogP contribution in [-0.2, 0) is 0 Å². The third-order valence-corrected chi connectivity index (χ3v) is 3.71. The van der Waals surface area contributed by atoms with E-state index in [9.17, 15) is 4.79 Å². The highest BCUT2D eigenvalue weighted by Gasteiger charge is 2.18. The lowest BCUT2D eigenvalue weighted by Gasteiger charge is -2.25. The molecule has 0 atom stereocenters. The van der Waals surface area contributed by atoms with Gasteiger partial charge in [0.25, 0.3) is 5.56 Å². The van der Waals surface area contributed by atoms with Crippen molar-refractivity contribution in [1.82, 2.24) is 9.97 Å². The van der Waals surface area contributed by atoms with Gasteiger partial charge in [-0.05, 0) is 41.0 Å². The van der Waals surface area contributed by atoms with E-state index in [4.69, 9.17) is 10.5 Å². The van der Waals surface area contributed by atoms with Crippen molar-refractivity contribution in [1.29, 1.82) is 0 Å². The van der Waals surface area contributed by atoms with Crippen molar-refractivity contribution < 1.29 is 4.74 Å². The van der Waals surface area contributed by atoms with Crippen molar-refractivity contribution in [2.24, 2.45) is 5.73 Å². The summed E-state index contributed by atoms with van der Waals surface area (Å²) in [7, 11) is 1.61. The number of benzene rings is 1. The van der Waals surface area contributed by atoms with Crippen molar-refractivity contribution >= 4 is 27.4 Å². The summed E-state index contributed by atoms with van der Waals surface area (Å²) >= 11 is 3.30. The number of nitrogens with zero attached hydrogens (tertiary/aromatic N) is 2. The van der Waals surface area contributed by atoms with Gasteiger partial charge in [0.1, 0.15) is 10.2 Å². The van der Waals surface area contributed by atoms with E-state index in [0.29, 0.717) is 29.1 Å². The number of hydrogen-bond donors (Lipinski definition) is 2. The van der Waals surface area contributed by atoms with E-state index in [-0.39, 0.29) is 5.56 Å². The maximum absolute atomic E-state index is 11.8. The van der Waals surface area contributed by atoms with Crippen LogP contribution in [0.1, 0.15) is 6.42 Å². The van der Waals surface area contributed by atoms with Crippen LogP contribution < -0.4 is 20.9 Å². The molecule has 7 heteroatoms. The van der Waals surface area contributed by atoms with Crippen LogP contribution in [0.3, 0.4) is 0 Å². The molecular weight excluding hydrogens is 336 g/mol. The number of para-hydroxylation sites is 2. The molecule has 1 heterocycles. The number of nitrogens with one attached hydrogen (secondary N) is 1. The molecule has 1 aromatic carbocycles. The van der Waals surface area contributed by atoms with Crippen LogP contribution in [0, 0.1) is 0 Å². The second kappa shape index (κ2) is 7.24. The number of rotatable bonds is 6. The molecule has 2 rings (SSSR count). The Labute approximate surface area is 131 Å². The number of ether oxygens (including phenoxy) is 1. The third-order valence-electron chi connectivity index (χ3n) is 3.00. The van der Waals surface area contributed by atoms with Crippen LogP contribution in [0.5, 0.6) is 5.75 Å². The van der Waals surface area contributed by atoms with Crippen molar-refractivity contribution in [3.63, 3.8) is 0 Å². The van der Waals surface area contributed by atoms with Crippen LogP contribution in [0.4, 0.5) is 11.5 Å². The Morgan fingerprint density at radius 1 is 1.43 bits per heavy atom. The zero-order valence-electron chi connectivity index (χ0n) is 11.7. The highest BCUT2D eigenvalue weighted by molar-refractivity contribution is 9.10. The van der Waals surface area contributed by atoms with Gasteiger partial charge in [-0.2, -0.15) is 0 Å². The Morgan fingerprint density at radius 2 is 2.19 bits per heavy atom. The van der Waals surface area contributed by atoms with E-state index in [1.807, 2.05) is 29.2 Å². The molecule has 21 heavy (non-hydrogen) atoms. The Balaban J connectivity index is 2.52. The summed E-state index contributed by atoms with van der Waals surface area (Å²) < 4.78 is 5.78. The zero-order chi connectivity index (χ0) is 15.2. The molecule has 0 aliphatic carbocycles. The fraction of sp³-hybridized carbons (Fsp3) is 0.286. The van der Waals surface area contributed by atoms with Gasteiger partial charge in [0.2, 0.25) is 0 Å². The summed E-state index contributed by atoms with van der Waals surface area (Å²) in [6.45, 7) is 1.18. The molecule has 112 valence electrons. The molecule has 0 aliphatic rings. The molecule has 0 aliphatic heterocycles. The zero-order valence-corrected chi connectivity index (χ0v) is 13.3. The number of hydrogen-bond acceptors (Lipinski definition) is 5. The van der Waals surface area contributed by atoms with E-state index in [0.717, 1.165) is 12.1 Å². The summed E-state index contributed by atoms with van der Waals surface area (Å²) in [5.74, 6) is 1.25. The predicted molar refractivity (Wildman–Crippen MR) is 86.2 cm³/mol. The SMILES string of the molecule is COc1ccccc1N(CCCN)c1nc[nH]c(=O)c1Br. The van der Waals surface area contributed by atoms with Gasteiger partial charge in [-0.3, -0.25) is 4.79 Å². The number of H-pyrrole nitrogens is 1. The van der Waals surface area contributed by atoms with Crippen LogP contribution in [0.2, 0.25) is 0 Å². The van der Waals surface area contributed by atoms with Crippen molar-refractivity contribution in [3.8, 4) is 5.75 Å². The van der Waals surface area contributed by atoms with E-state index in [1.54, 1.807) is 7.11 Å². The standard InChI is InChI=1S/C14H17BrN4O2/c1-21-11-6-3-2-5-10(11)19(8-4-7-16)13-12(15)14(20)18-9-17-13/h2-3,5-6,9H,4,7-8,16H2,1H3,(H,17,18,20). The number of halogens is 1. The van der Waals surface area contributed by atoms with Gasteiger partial charge in [0, 0.05) is 6.54 Å². The summed E-state index contributed by atoms with van der Waals surface area (Å²) in [4.78, 5) is 20.5. The minimum absolute atomic E-state index is 0.229. The van der Waals surface area contributed by atoms with Crippen LogP contribution in [0.25, 0.3) is 0 Å². The first kappa shape index (κ1) is 15.5. The van der Waals surface area contributed by atoms with Gasteiger partial charge in [-0.15, -0.1) is 0 Å². The predicted octanol–water partition coefficient (Wildman–Crippen LogP) is 2.03. The van der Waals surface area contributed by atoms with Crippen LogP contribution in [0.15, 0.2) is 39.9 Å². The molecular formula is C14H17BrN4O2. The monoisotopic (exact) mass is 352 g/mol. The first-order chi connectivity index (χ1) is 10.2. The molecule has 0 saturated heterocycles. The average Bonchev–Trinajstić information content (AvgIpc) is 2.52. The Bertz CT molecular complexity index is 659. The number of aromatic nitrogens is 2. The number of aromatic amines is 1. The first-order valence-electron chi connectivity index (χ1n) is 6.52. The third kappa shape index (κ3) is 3.43.